The van der Waals surface area contributed by atoms with Gasteiger partial charge in [0.1, 0.15) is 5.75 Å². The summed E-state index contributed by atoms with van der Waals surface area (Å²) in [5, 5.41) is 8.90. The fraction of sp³-hybridized carbons (Fsp3) is 0.250. The van der Waals surface area contributed by atoms with Gasteiger partial charge in [0.25, 0.3) is 0 Å². The number of ether oxygens (including phenoxy) is 1. The third-order valence-corrected chi connectivity index (χ3v) is 3.21. The smallest absolute Gasteiger partial charge is 0.303 e. The summed E-state index contributed by atoms with van der Waals surface area (Å²) in [6, 6.07) is 11.4. The van der Waals surface area contributed by atoms with Gasteiger partial charge in [-0.05, 0) is 35.7 Å². The van der Waals surface area contributed by atoms with Crippen LogP contribution in [-0.4, -0.2) is 23.2 Å². The van der Waals surface area contributed by atoms with Crippen molar-refractivity contribution in [2.75, 3.05) is 7.11 Å². The van der Waals surface area contributed by atoms with Crippen molar-refractivity contribution in [1.82, 2.24) is 4.98 Å². The highest BCUT2D eigenvalue weighted by Crippen LogP contribution is 2.32. The fourth-order valence-corrected chi connectivity index (χ4v) is 2.13. The SMILES string of the molecule is COc1ccc(C(C)CC(=O)O)cc1-c1ccccn1. The molecule has 0 aliphatic heterocycles. The van der Waals surface area contributed by atoms with E-state index in [9.17, 15) is 4.79 Å². The van der Waals surface area contributed by atoms with Crippen LogP contribution in [0.15, 0.2) is 42.6 Å². The number of methoxy groups -OCH3 is 1. The predicted octanol–water partition coefficient (Wildman–Crippen LogP) is 3.34. The second-order valence-corrected chi connectivity index (χ2v) is 4.67. The molecule has 0 radical (unpaired) electrons. The van der Waals surface area contributed by atoms with Crippen LogP contribution in [0.5, 0.6) is 5.75 Å². The highest BCUT2D eigenvalue weighted by Gasteiger charge is 2.14. The summed E-state index contributed by atoms with van der Waals surface area (Å²) in [4.78, 5) is 15.1. The van der Waals surface area contributed by atoms with E-state index >= 15 is 0 Å². The number of rotatable bonds is 5. The zero-order chi connectivity index (χ0) is 14.5. The molecule has 1 unspecified atom stereocenters. The number of hydrogen-bond donors (Lipinski definition) is 1. The van der Waals surface area contributed by atoms with Gasteiger partial charge in [0.05, 0.1) is 19.2 Å². The Hall–Kier alpha value is -2.36. The maximum Gasteiger partial charge on any atom is 0.303 e. The lowest BCUT2D eigenvalue weighted by Gasteiger charge is -2.14. The minimum absolute atomic E-state index is 0.0548. The molecule has 0 spiro atoms. The summed E-state index contributed by atoms with van der Waals surface area (Å²) in [5.41, 5.74) is 2.66. The molecule has 0 saturated heterocycles. The summed E-state index contributed by atoms with van der Waals surface area (Å²) < 4.78 is 5.36. The van der Waals surface area contributed by atoms with Crippen molar-refractivity contribution in [3.05, 3.63) is 48.2 Å². The number of carbonyl (C=O) groups is 1. The van der Waals surface area contributed by atoms with Gasteiger partial charge in [-0.2, -0.15) is 0 Å². The normalized spacial score (nSPS) is 11.9. The standard InChI is InChI=1S/C16H17NO3/c1-11(9-16(18)19)12-6-7-15(20-2)13(10-12)14-5-3-4-8-17-14/h3-8,10-11H,9H2,1-2H3,(H,18,19). The third kappa shape index (κ3) is 3.15. The number of pyridine rings is 1. The fourth-order valence-electron chi connectivity index (χ4n) is 2.13. The van der Waals surface area contributed by atoms with Crippen molar-refractivity contribution in [2.45, 2.75) is 19.3 Å². The molecule has 4 nitrogen and oxygen atoms in total. The Bertz CT molecular complexity index is 596. The van der Waals surface area contributed by atoms with Crippen molar-refractivity contribution in [1.29, 1.82) is 0 Å². The molecule has 0 fully saturated rings. The topological polar surface area (TPSA) is 59.4 Å². The maximum atomic E-state index is 10.8. The molecule has 1 aromatic heterocycles. The van der Waals surface area contributed by atoms with Crippen molar-refractivity contribution >= 4 is 5.97 Å². The number of nitrogens with zero attached hydrogens (tertiary/aromatic N) is 1. The molecule has 0 bridgehead atoms. The third-order valence-electron chi connectivity index (χ3n) is 3.21. The van der Waals surface area contributed by atoms with Gasteiger partial charge < -0.3 is 9.84 Å². The summed E-state index contributed by atoms with van der Waals surface area (Å²) in [6.45, 7) is 1.90. The minimum Gasteiger partial charge on any atom is -0.496 e. The Morgan fingerprint density at radius 2 is 2.15 bits per heavy atom. The van der Waals surface area contributed by atoms with Gasteiger partial charge >= 0.3 is 5.97 Å². The lowest BCUT2D eigenvalue weighted by atomic mass is 9.95. The van der Waals surface area contributed by atoms with Crippen molar-refractivity contribution in [3.63, 3.8) is 0 Å². The van der Waals surface area contributed by atoms with Gasteiger partial charge in [-0.1, -0.05) is 19.1 Å². The Kier molecular flexibility index (Phi) is 4.35. The number of benzene rings is 1. The van der Waals surface area contributed by atoms with Crippen molar-refractivity contribution < 1.29 is 14.6 Å². The average Bonchev–Trinajstić information content (AvgIpc) is 2.46. The maximum absolute atomic E-state index is 10.8. The first-order valence-corrected chi connectivity index (χ1v) is 6.43. The molecule has 2 aromatic rings. The Morgan fingerprint density at radius 3 is 2.75 bits per heavy atom. The van der Waals surface area contributed by atoms with Gasteiger partial charge in [-0.25, -0.2) is 0 Å². The Balaban J connectivity index is 2.42. The van der Waals surface area contributed by atoms with Gasteiger partial charge in [0.2, 0.25) is 0 Å². The van der Waals surface area contributed by atoms with Gasteiger partial charge in [0, 0.05) is 11.8 Å². The lowest BCUT2D eigenvalue weighted by Crippen LogP contribution is -2.03. The van der Waals surface area contributed by atoms with Crippen LogP contribution in [0.4, 0.5) is 0 Å². The highest BCUT2D eigenvalue weighted by atomic mass is 16.5. The van der Waals surface area contributed by atoms with E-state index in [2.05, 4.69) is 4.98 Å². The van der Waals surface area contributed by atoms with E-state index in [1.807, 2.05) is 43.3 Å². The van der Waals surface area contributed by atoms with E-state index in [4.69, 9.17) is 9.84 Å². The number of carboxylic acid groups (broad SMARTS) is 1. The first kappa shape index (κ1) is 14.1. The molecule has 0 saturated carbocycles. The van der Waals surface area contributed by atoms with Crippen LogP contribution >= 0.6 is 0 Å². The zero-order valence-corrected chi connectivity index (χ0v) is 11.5. The monoisotopic (exact) mass is 271 g/mol. The van der Waals surface area contributed by atoms with E-state index in [-0.39, 0.29) is 12.3 Å². The molecule has 4 heteroatoms. The first-order valence-electron chi connectivity index (χ1n) is 6.43. The van der Waals surface area contributed by atoms with Crippen LogP contribution < -0.4 is 4.74 Å². The van der Waals surface area contributed by atoms with Gasteiger partial charge in [-0.15, -0.1) is 0 Å². The van der Waals surface area contributed by atoms with Crippen LogP contribution in [-0.2, 0) is 4.79 Å². The Morgan fingerprint density at radius 1 is 1.35 bits per heavy atom. The molecule has 1 aromatic carbocycles. The van der Waals surface area contributed by atoms with Crippen LogP contribution in [0.2, 0.25) is 0 Å². The Labute approximate surface area is 118 Å². The molecule has 2 rings (SSSR count). The molecular formula is C16H17NO3. The quantitative estimate of drug-likeness (QED) is 0.906. The zero-order valence-electron chi connectivity index (χ0n) is 11.5. The summed E-state index contributed by atoms with van der Waals surface area (Å²) in [6.07, 6.45) is 1.83. The molecule has 1 heterocycles. The first-order chi connectivity index (χ1) is 9.61. The van der Waals surface area contributed by atoms with Gasteiger partial charge in [-0.3, -0.25) is 9.78 Å². The van der Waals surface area contributed by atoms with E-state index < -0.39 is 5.97 Å². The molecule has 0 aliphatic rings. The second-order valence-electron chi connectivity index (χ2n) is 4.67. The molecule has 0 aliphatic carbocycles. The number of aromatic nitrogens is 1. The summed E-state index contributed by atoms with van der Waals surface area (Å²) in [7, 11) is 1.61. The highest BCUT2D eigenvalue weighted by molar-refractivity contribution is 5.70. The van der Waals surface area contributed by atoms with Gasteiger partial charge in [0.15, 0.2) is 0 Å². The van der Waals surface area contributed by atoms with Crippen molar-refractivity contribution in [2.24, 2.45) is 0 Å². The van der Waals surface area contributed by atoms with E-state index in [1.165, 1.54) is 0 Å². The number of aliphatic carboxylic acids is 1. The molecule has 1 atom stereocenters. The molecule has 20 heavy (non-hydrogen) atoms. The van der Waals surface area contributed by atoms with E-state index in [0.29, 0.717) is 0 Å². The molecule has 0 amide bonds. The van der Waals surface area contributed by atoms with Crippen molar-refractivity contribution in [3.8, 4) is 17.0 Å². The van der Waals surface area contributed by atoms with Crippen LogP contribution in [0, 0.1) is 0 Å². The largest absolute Gasteiger partial charge is 0.496 e. The number of hydrogen-bond acceptors (Lipinski definition) is 3. The minimum atomic E-state index is -0.798. The lowest BCUT2D eigenvalue weighted by molar-refractivity contribution is -0.137. The molecular weight excluding hydrogens is 254 g/mol. The predicted molar refractivity (Wildman–Crippen MR) is 76.9 cm³/mol. The summed E-state index contributed by atoms with van der Waals surface area (Å²) >= 11 is 0. The van der Waals surface area contributed by atoms with Crippen LogP contribution in [0.3, 0.4) is 0 Å². The van der Waals surface area contributed by atoms with Crippen LogP contribution in [0.25, 0.3) is 11.3 Å². The molecule has 1 N–H and O–H groups in total. The number of carboxylic acids is 1. The van der Waals surface area contributed by atoms with E-state index in [0.717, 1.165) is 22.6 Å². The summed E-state index contributed by atoms with van der Waals surface area (Å²) in [5.74, 6) is -0.122. The van der Waals surface area contributed by atoms with Crippen LogP contribution in [0.1, 0.15) is 24.8 Å². The average molecular weight is 271 g/mol. The molecule has 104 valence electrons. The second kappa shape index (κ2) is 6.19. The van der Waals surface area contributed by atoms with E-state index in [1.54, 1.807) is 13.3 Å².